The number of esters is 1. The second-order valence-corrected chi connectivity index (χ2v) is 7.49. The number of ether oxygens (including phenoxy) is 1. The highest BCUT2D eigenvalue weighted by Gasteiger charge is 2.22. The third kappa shape index (κ3) is 4.05. The Balaban J connectivity index is 1.44. The van der Waals surface area contributed by atoms with E-state index in [1.54, 1.807) is 23.6 Å². The molecule has 3 aromatic heterocycles. The molecule has 0 saturated heterocycles. The van der Waals surface area contributed by atoms with Crippen molar-refractivity contribution in [2.45, 2.75) is 13.0 Å². The van der Waals surface area contributed by atoms with E-state index in [4.69, 9.17) is 9.15 Å². The van der Waals surface area contributed by atoms with Gasteiger partial charge in [0.05, 0.1) is 4.92 Å². The van der Waals surface area contributed by atoms with Crippen LogP contribution in [0.4, 0.5) is 5.69 Å². The van der Waals surface area contributed by atoms with Crippen LogP contribution in [-0.4, -0.2) is 26.1 Å². The van der Waals surface area contributed by atoms with E-state index in [2.05, 4.69) is 15.2 Å². The van der Waals surface area contributed by atoms with E-state index >= 15 is 0 Å². The van der Waals surface area contributed by atoms with Crippen LogP contribution in [0.2, 0.25) is 0 Å². The number of carbonyl (C=O) groups is 1. The normalized spacial score (nSPS) is 11.9. The van der Waals surface area contributed by atoms with Crippen molar-refractivity contribution >= 4 is 34.3 Å². The topological polar surface area (TPSA) is 121 Å². The molecule has 0 fully saturated rings. The van der Waals surface area contributed by atoms with Gasteiger partial charge in [-0.25, -0.2) is 9.78 Å². The summed E-state index contributed by atoms with van der Waals surface area (Å²) in [5.41, 5.74) is 1.64. The molecule has 0 aliphatic carbocycles. The zero-order valence-corrected chi connectivity index (χ0v) is 16.5. The number of nitro groups is 1. The van der Waals surface area contributed by atoms with Gasteiger partial charge in [-0.05, 0) is 30.5 Å². The molecule has 0 spiro atoms. The molecule has 0 saturated carbocycles. The van der Waals surface area contributed by atoms with E-state index in [9.17, 15) is 14.9 Å². The fourth-order valence-corrected chi connectivity index (χ4v) is 3.90. The number of nitrogens with zero attached hydrogens (tertiary/aromatic N) is 4. The number of benzene rings is 1. The summed E-state index contributed by atoms with van der Waals surface area (Å²) in [6.07, 6.45) is -0.784. The minimum atomic E-state index is -0.784. The summed E-state index contributed by atoms with van der Waals surface area (Å²) < 4.78 is 10.9. The molecule has 1 unspecified atom stereocenters. The van der Waals surface area contributed by atoms with Gasteiger partial charge in [0.15, 0.2) is 11.8 Å². The van der Waals surface area contributed by atoms with Gasteiger partial charge in [-0.1, -0.05) is 0 Å². The van der Waals surface area contributed by atoms with Gasteiger partial charge in [-0.3, -0.25) is 10.1 Å². The molecule has 146 valence electrons. The summed E-state index contributed by atoms with van der Waals surface area (Å²) >= 11 is 2.91. The molecule has 0 radical (unpaired) electrons. The molecule has 1 aromatic carbocycles. The summed E-state index contributed by atoms with van der Waals surface area (Å²) in [6.45, 7) is 1.61. The SMILES string of the molecule is CC(OC(=O)c1csc(-c2ccsc2)n1)c1nnc(-c2ccc([N+](=O)[O-])cc2)o1. The van der Waals surface area contributed by atoms with E-state index in [-0.39, 0.29) is 23.2 Å². The molecule has 0 bridgehead atoms. The smallest absolute Gasteiger partial charge is 0.358 e. The summed E-state index contributed by atoms with van der Waals surface area (Å²) in [4.78, 5) is 26.9. The molecule has 0 aliphatic heterocycles. The number of aromatic nitrogens is 3. The maximum atomic E-state index is 12.4. The first-order valence-electron chi connectivity index (χ1n) is 8.28. The van der Waals surface area contributed by atoms with E-state index in [1.165, 1.54) is 35.6 Å². The highest BCUT2D eigenvalue weighted by molar-refractivity contribution is 7.14. The maximum absolute atomic E-state index is 12.4. The molecule has 0 amide bonds. The standard InChI is InChI=1S/C18H12N4O5S2/c1-10(26-18(23)14-9-29-17(19-14)12-6-7-28-8-12)15-20-21-16(27-15)11-2-4-13(5-3-11)22(24)25/h2-10H,1H3. The number of thiophene rings is 1. The van der Waals surface area contributed by atoms with Gasteiger partial charge < -0.3 is 9.15 Å². The van der Waals surface area contributed by atoms with Crippen molar-refractivity contribution in [1.29, 1.82) is 0 Å². The lowest BCUT2D eigenvalue weighted by molar-refractivity contribution is -0.384. The molecule has 0 N–H and O–H groups in total. The van der Waals surface area contributed by atoms with Crippen LogP contribution in [0.1, 0.15) is 29.4 Å². The highest BCUT2D eigenvalue weighted by atomic mass is 32.1. The molecule has 4 rings (SSSR count). The van der Waals surface area contributed by atoms with Crippen LogP contribution >= 0.6 is 22.7 Å². The molecular formula is C18H12N4O5S2. The maximum Gasteiger partial charge on any atom is 0.358 e. The zero-order valence-electron chi connectivity index (χ0n) is 14.8. The van der Waals surface area contributed by atoms with Gasteiger partial charge in [0.1, 0.15) is 5.01 Å². The monoisotopic (exact) mass is 428 g/mol. The van der Waals surface area contributed by atoms with Crippen LogP contribution in [-0.2, 0) is 4.74 Å². The third-order valence-corrected chi connectivity index (χ3v) is 5.45. The number of nitro benzene ring substituents is 1. The van der Waals surface area contributed by atoms with Crippen molar-refractivity contribution in [1.82, 2.24) is 15.2 Å². The molecule has 3 heterocycles. The minimum absolute atomic E-state index is 0.0409. The van der Waals surface area contributed by atoms with E-state index in [0.717, 1.165) is 10.6 Å². The van der Waals surface area contributed by atoms with Crippen molar-refractivity contribution in [3.63, 3.8) is 0 Å². The summed E-state index contributed by atoms with van der Waals surface area (Å²) in [5, 5.41) is 24.8. The predicted molar refractivity (Wildman–Crippen MR) is 106 cm³/mol. The molecule has 11 heteroatoms. The van der Waals surface area contributed by atoms with Gasteiger partial charge in [0, 0.05) is 34.0 Å². The highest BCUT2D eigenvalue weighted by Crippen LogP contribution is 2.28. The predicted octanol–water partition coefficient (Wildman–Crippen LogP) is 4.75. The summed E-state index contributed by atoms with van der Waals surface area (Å²) in [6, 6.07) is 7.63. The van der Waals surface area contributed by atoms with Crippen LogP contribution in [0.3, 0.4) is 0 Å². The quantitative estimate of drug-likeness (QED) is 0.245. The van der Waals surface area contributed by atoms with Gasteiger partial charge in [0.25, 0.3) is 11.6 Å². The van der Waals surface area contributed by atoms with E-state index < -0.39 is 17.0 Å². The number of thiazole rings is 1. The Kier molecular flexibility index (Phi) is 5.14. The average molecular weight is 428 g/mol. The number of carbonyl (C=O) groups excluding carboxylic acids is 1. The van der Waals surface area contributed by atoms with E-state index in [1.807, 2.05) is 16.8 Å². The fraction of sp³-hybridized carbons (Fsp3) is 0.111. The lowest BCUT2D eigenvalue weighted by Gasteiger charge is -2.07. The van der Waals surface area contributed by atoms with Crippen LogP contribution in [0.5, 0.6) is 0 Å². The van der Waals surface area contributed by atoms with Crippen LogP contribution in [0, 0.1) is 10.1 Å². The van der Waals surface area contributed by atoms with Crippen molar-refractivity contribution in [2.75, 3.05) is 0 Å². The average Bonchev–Trinajstić information content (AvgIpc) is 3.49. The molecule has 29 heavy (non-hydrogen) atoms. The second-order valence-electron chi connectivity index (χ2n) is 5.85. The molecule has 9 nitrogen and oxygen atoms in total. The van der Waals surface area contributed by atoms with Gasteiger partial charge >= 0.3 is 5.97 Å². The molecule has 0 aliphatic rings. The Morgan fingerprint density at radius 2 is 1.97 bits per heavy atom. The summed E-state index contributed by atoms with van der Waals surface area (Å²) in [7, 11) is 0. The first-order chi connectivity index (χ1) is 14.0. The van der Waals surface area contributed by atoms with Crippen LogP contribution in [0.25, 0.3) is 22.0 Å². The largest absolute Gasteiger partial charge is 0.448 e. The van der Waals surface area contributed by atoms with Crippen molar-refractivity contribution in [2.24, 2.45) is 0 Å². The van der Waals surface area contributed by atoms with E-state index in [0.29, 0.717) is 5.56 Å². The Hall–Kier alpha value is -3.44. The Bertz CT molecular complexity index is 1150. The Morgan fingerprint density at radius 1 is 1.17 bits per heavy atom. The summed E-state index contributed by atoms with van der Waals surface area (Å²) in [5.74, 6) is -0.309. The van der Waals surface area contributed by atoms with Crippen LogP contribution < -0.4 is 0 Å². The zero-order chi connectivity index (χ0) is 20.4. The second kappa shape index (κ2) is 7.89. The minimum Gasteiger partial charge on any atom is -0.448 e. The number of hydrogen-bond donors (Lipinski definition) is 0. The van der Waals surface area contributed by atoms with Crippen molar-refractivity contribution < 1.29 is 18.9 Å². The Labute approximate surface area is 171 Å². The molecular weight excluding hydrogens is 416 g/mol. The first-order valence-corrected chi connectivity index (χ1v) is 10.1. The number of rotatable bonds is 6. The molecule has 1 atom stereocenters. The molecule has 4 aromatic rings. The fourth-order valence-electron chi connectivity index (χ4n) is 2.40. The van der Waals surface area contributed by atoms with Crippen LogP contribution in [0.15, 0.2) is 50.9 Å². The van der Waals surface area contributed by atoms with Crippen molar-refractivity contribution in [3.8, 4) is 22.0 Å². The number of non-ortho nitro benzene ring substituents is 1. The first kappa shape index (κ1) is 18.9. The third-order valence-electron chi connectivity index (χ3n) is 3.88. The van der Waals surface area contributed by atoms with Gasteiger partial charge in [-0.2, -0.15) is 11.3 Å². The lowest BCUT2D eigenvalue weighted by Crippen LogP contribution is -2.10. The number of hydrogen-bond acceptors (Lipinski definition) is 10. The van der Waals surface area contributed by atoms with Gasteiger partial charge in [-0.15, -0.1) is 21.5 Å². The Morgan fingerprint density at radius 3 is 2.66 bits per heavy atom. The van der Waals surface area contributed by atoms with Gasteiger partial charge in [0.2, 0.25) is 5.89 Å². The van der Waals surface area contributed by atoms with Crippen molar-refractivity contribution in [3.05, 3.63) is 68.2 Å². The lowest BCUT2D eigenvalue weighted by atomic mass is 10.2.